The highest BCUT2D eigenvalue weighted by Gasteiger charge is 2.29. The average molecular weight is 243 g/mol. The van der Waals surface area contributed by atoms with Crippen molar-refractivity contribution < 1.29 is 0 Å². The molecule has 0 aromatic rings. The van der Waals surface area contributed by atoms with Crippen molar-refractivity contribution in [3.8, 4) is 0 Å². The zero-order chi connectivity index (χ0) is 11.5. The van der Waals surface area contributed by atoms with Gasteiger partial charge < -0.3 is 0 Å². The average Bonchev–Trinajstić information content (AvgIpc) is 2.41. The predicted molar refractivity (Wildman–Crippen MR) is 71.7 cm³/mol. The molecule has 16 heavy (non-hydrogen) atoms. The molecule has 3 nitrogen and oxygen atoms in total. The zero-order valence-electron chi connectivity index (χ0n) is 10.4. The molecule has 0 spiro atoms. The van der Waals surface area contributed by atoms with E-state index in [1.807, 2.05) is 5.01 Å². The Morgan fingerprint density at radius 3 is 2.38 bits per heavy atom. The summed E-state index contributed by atoms with van der Waals surface area (Å²) in [6.45, 7) is 7.09. The molecule has 2 aliphatic heterocycles. The van der Waals surface area contributed by atoms with Crippen LogP contribution in [0.15, 0.2) is 0 Å². The molecule has 0 amide bonds. The molecule has 2 N–H and O–H groups in total. The van der Waals surface area contributed by atoms with Gasteiger partial charge in [0.05, 0.1) is 0 Å². The summed E-state index contributed by atoms with van der Waals surface area (Å²) in [7, 11) is 2.88. The third-order valence-electron chi connectivity index (χ3n) is 4.28. The quantitative estimate of drug-likeness (QED) is 0.562. The Morgan fingerprint density at radius 2 is 1.69 bits per heavy atom. The SMILES string of the molecule is CC1CC(C2CCN(N)CC2)CCN(P)C1. The number of hydrogen-bond acceptors (Lipinski definition) is 3. The summed E-state index contributed by atoms with van der Waals surface area (Å²) in [5.41, 5.74) is 0. The number of hydrogen-bond donors (Lipinski definition) is 1. The minimum absolute atomic E-state index is 0.848. The van der Waals surface area contributed by atoms with E-state index >= 15 is 0 Å². The maximum atomic E-state index is 5.83. The first-order chi connectivity index (χ1) is 7.65. The zero-order valence-corrected chi connectivity index (χ0v) is 11.6. The third-order valence-corrected chi connectivity index (χ3v) is 4.75. The number of nitrogens with two attached hydrogens (primary N) is 1. The number of nitrogens with zero attached hydrogens (tertiary/aromatic N) is 2. The second-order valence-corrected chi connectivity index (χ2v) is 6.49. The van der Waals surface area contributed by atoms with Gasteiger partial charge in [-0.2, -0.15) is 0 Å². The van der Waals surface area contributed by atoms with Gasteiger partial charge >= 0.3 is 0 Å². The van der Waals surface area contributed by atoms with E-state index in [2.05, 4.69) is 21.0 Å². The van der Waals surface area contributed by atoms with Gasteiger partial charge in [0, 0.05) is 26.2 Å². The van der Waals surface area contributed by atoms with E-state index < -0.39 is 0 Å². The van der Waals surface area contributed by atoms with Crippen LogP contribution in [-0.2, 0) is 0 Å². The minimum Gasteiger partial charge on any atom is -0.287 e. The van der Waals surface area contributed by atoms with E-state index in [0.29, 0.717) is 0 Å². The molecule has 3 unspecified atom stereocenters. The highest BCUT2D eigenvalue weighted by Crippen LogP contribution is 2.34. The van der Waals surface area contributed by atoms with Gasteiger partial charge in [0.1, 0.15) is 0 Å². The van der Waals surface area contributed by atoms with E-state index in [1.54, 1.807) is 0 Å². The first-order valence-electron chi connectivity index (χ1n) is 6.64. The molecular formula is C12H26N3P. The summed E-state index contributed by atoms with van der Waals surface area (Å²) < 4.78 is 2.42. The molecule has 2 rings (SSSR count). The molecule has 2 heterocycles. The highest BCUT2D eigenvalue weighted by atomic mass is 31.0. The fourth-order valence-corrected chi connectivity index (χ4v) is 3.86. The summed E-state index contributed by atoms with van der Waals surface area (Å²) in [4.78, 5) is 0. The van der Waals surface area contributed by atoms with E-state index in [0.717, 1.165) is 30.8 Å². The molecule has 3 atom stereocenters. The van der Waals surface area contributed by atoms with Crippen molar-refractivity contribution in [3.63, 3.8) is 0 Å². The third kappa shape index (κ3) is 3.40. The Bertz CT molecular complexity index is 216. The molecule has 0 radical (unpaired) electrons. The van der Waals surface area contributed by atoms with Crippen LogP contribution in [0.3, 0.4) is 0 Å². The first kappa shape index (κ1) is 12.8. The van der Waals surface area contributed by atoms with Gasteiger partial charge in [0.2, 0.25) is 0 Å². The van der Waals surface area contributed by atoms with Crippen LogP contribution in [-0.4, -0.2) is 35.9 Å². The van der Waals surface area contributed by atoms with Gasteiger partial charge in [0.25, 0.3) is 0 Å². The van der Waals surface area contributed by atoms with Gasteiger partial charge in [-0.3, -0.25) is 10.5 Å². The van der Waals surface area contributed by atoms with E-state index in [9.17, 15) is 0 Å². The monoisotopic (exact) mass is 243 g/mol. The Morgan fingerprint density at radius 1 is 1.06 bits per heavy atom. The van der Waals surface area contributed by atoms with Crippen LogP contribution in [0.25, 0.3) is 0 Å². The van der Waals surface area contributed by atoms with Crippen molar-refractivity contribution in [3.05, 3.63) is 0 Å². The Kier molecular flexibility index (Phi) is 4.60. The van der Waals surface area contributed by atoms with Gasteiger partial charge in [-0.05, 0) is 43.4 Å². The molecular weight excluding hydrogens is 217 g/mol. The summed E-state index contributed by atoms with van der Waals surface area (Å²) >= 11 is 0. The van der Waals surface area contributed by atoms with Crippen LogP contribution in [0.5, 0.6) is 0 Å². The van der Waals surface area contributed by atoms with Crippen LogP contribution in [0, 0.1) is 17.8 Å². The smallest absolute Gasteiger partial charge is 0.0131 e. The highest BCUT2D eigenvalue weighted by molar-refractivity contribution is 7.13. The molecule has 0 aromatic carbocycles. The summed E-state index contributed by atoms with van der Waals surface area (Å²) in [6.07, 6.45) is 5.42. The first-order valence-corrected chi connectivity index (χ1v) is 7.16. The van der Waals surface area contributed by atoms with Crippen molar-refractivity contribution >= 4 is 9.39 Å². The van der Waals surface area contributed by atoms with Gasteiger partial charge in [-0.25, -0.2) is 5.01 Å². The molecule has 0 aliphatic carbocycles. The van der Waals surface area contributed by atoms with Crippen LogP contribution in [0.4, 0.5) is 0 Å². The van der Waals surface area contributed by atoms with Crippen molar-refractivity contribution in [2.75, 3.05) is 26.2 Å². The van der Waals surface area contributed by atoms with Gasteiger partial charge in [0.15, 0.2) is 0 Å². The van der Waals surface area contributed by atoms with Crippen molar-refractivity contribution in [2.24, 2.45) is 23.6 Å². The second-order valence-electron chi connectivity index (χ2n) is 5.76. The molecule has 0 saturated carbocycles. The van der Waals surface area contributed by atoms with E-state index in [-0.39, 0.29) is 0 Å². The fraction of sp³-hybridized carbons (Fsp3) is 1.00. The maximum Gasteiger partial charge on any atom is 0.0131 e. The van der Waals surface area contributed by atoms with Crippen molar-refractivity contribution in [2.45, 2.75) is 32.6 Å². The molecule has 0 bridgehead atoms. The lowest BCUT2D eigenvalue weighted by Crippen LogP contribution is -2.40. The molecule has 94 valence electrons. The van der Waals surface area contributed by atoms with E-state index in [4.69, 9.17) is 5.84 Å². The lowest BCUT2D eigenvalue weighted by Gasteiger charge is -2.34. The normalized spacial score (nSPS) is 36.2. The molecule has 0 aromatic heterocycles. The Hall–Kier alpha value is 0.310. The Balaban J connectivity index is 1.88. The molecule has 2 fully saturated rings. The van der Waals surface area contributed by atoms with E-state index in [1.165, 1.54) is 38.8 Å². The largest absolute Gasteiger partial charge is 0.287 e. The predicted octanol–water partition coefficient (Wildman–Crippen LogP) is 1.71. The maximum absolute atomic E-state index is 5.83. The minimum atomic E-state index is 0.848. The van der Waals surface area contributed by atoms with Gasteiger partial charge in [-0.15, -0.1) is 0 Å². The fourth-order valence-electron chi connectivity index (χ4n) is 3.35. The second kappa shape index (κ2) is 5.77. The number of piperidine rings is 1. The number of hydrazine groups is 1. The topological polar surface area (TPSA) is 32.5 Å². The van der Waals surface area contributed by atoms with Crippen LogP contribution in [0.1, 0.15) is 32.6 Å². The van der Waals surface area contributed by atoms with Crippen LogP contribution < -0.4 is 5.84 Å². The number of rotatable bonds is 1. The Labute approximate surface area is 102 Å². The van der Waals surface area contributed by atoms with Crippen LogP contribution in [0.2, 0.25) is 0 Å². The lowest BCUT2D eigenvalue weighted by molar-refractivity contribution is 0.136. The van der Waals surface area contributed by atoms with Gasteiger partial charge in [-0.1, -0.05) is 16.3 Å². The molecule has 2 saturated heterocycles. The molecule has 2 aliphatic rings. The standard InChI is InChI=1S/C12H26N3P/c1-10-8-12(4-7-15(16)9-10)11-2-5-14(13)6-3-11/h10-12H,2-9,13,16H2,1H3. The van der Waals surface area contributed by atoms with Crippen molar-refractivity contribution in [1.82, 2.24) is 9.68 Å². The summed E-state index contributed by atoms with van der Waals surface area (Å²) in [6, 6.07) is 0. The lowest BCUT2D eigenvalue weighted by atomic mass is 9.79. The summed E-state index contributed by atoms with van der Waals surface area (Å²) in [5, 5.41) is 1.98. The van der Waals surface area contributed by atoms with Crippen molar-refractivity contribution in [1.29, 1.82) is 0 Å². The van der Waals surface area contributed by atoms with Crippen LogP contribution >= 0.6 is 9.39 Å². The molecule has 4 heteroatoms. The summed E-state index contributed by atoms with van der Waals surface area (Å²) in [5.74, 6) is 8.55.